The molecule has 0 aliphatic rings. The molecule has 17 heavy (non-hydrogen) atoms. The van der Waals surface area contributed by atoms with Crippen molar-refractivity contribution in [3.63, 3.8) is 0 Å². The standard InChI is InChI=1S/C13H22O4/c1-11(14)9-10-12(15)7-5-3-4-6-8-13(16)17-2/h3-10H2,1-2H3. The minimum Gasteiger partial charge on any atom is -0.469 e. The second kappa shape index (κ2) is 10.00. The van der Waals surface area contributed by atoms with Gasteiger partial charge in [0.1, 0.15) is 11.6 Å². The highest BCUT2D eigenvalue weighted by atomic mass is 16.5. The van der Waals surface area contributed by atoms with Gasteiger partial charge in [0.15, 0.2) is 0 Å². The maximum Gasteiger partial charge on any atom is 0.305 e. The Labute approximate surface area is 103 Å². The first-order valence-electron chi connectivity index (χ1n) is 6.14. The van der Waals surface area contributed by atoms with Gasteiger partial charge >= 0.3 is 5.97 Å². The highest BCUT2D eigenvalue weighted by Crippen LogP contribution is 2.08. The lowest BCUT2D eigenvalue weighted by atomic mass is 10.1. The van der Waals surface area contributed by atoms with Crippen LogP contribution in [0.4, 0.5) is 0 Å². The van der Waals surface area contributed by atoms with Gasteiger partial charge in [0.05, 0.1) is 7.11 Å². The van der Waals surface area contributed by atoms with Crippen LogP contribution < -0.4 is 0 Å². The predicted molar refractivity (Wildman–Crippen MR) is 64.6 cm³/mol. The van der Waals surface area contributed by atoms with Crippen molar-refractivity contribution < 1.29 is 19.1 Å². The van der Waals surface area contributed by atoms with E-state index >= 15 is 0 Å². The van der Waals surface area contributed by atoms with E-state index in [0.717, 1.165) is 25.7 Å². The van der Waals surface area contributed by atoms with Crippen LogP contribution in [0, 0.1) is 0 Å². The van der Waals surface area contributed by atoms with Gasteiger partial charge in [0.25, 0.3) is 0 Å². The number of carbonyl (C=O) groups excluding carboxylic acids is 3. The first kappa shape index (κ1) is 15.8. The minimum absolute atomic E-state index is 0.0661. The summed E-state index contributed by atoms with van der Waals surface area (Å²) in [5, 5.41) is 0. The van der Waals surface area contributed by atoms with E-state index in [4.69, 9.17) is 0 Å². The number of carbonyl (C=O) groups is 3. The van der Waals surface area contributed by atoms with Crippen LogP contribution in [-0.4, -0.2) is 24.6 Å². The van der Waals surface area contributed by atoms with E-state index in [1.165, 1.54) is 14.0 Å². The van der Waals surface area contributed by atoms with E-state index in [2.05, 4.69) is 4.74 Å². The summed E-state index contributed by atoms with van der Waals surface area (Å²) in [6, 6.07) is 0. The summed E-state index contributed by atoms with van der Waals surface area (Å²) in [5.74, 6) is 0.0483. The fourth-order valence-corrected chi connectivity index (χ4v) is 1.49. The van der Waals surface area contributed by atoms with Crippen molar-refractivity contribution in [1.82, 2.24) is 0 Å². The van der Waals surface area contributed by atoms with Crippen LogP contribution in [0.25, 0.3) is 0 Å². The van der Waals surface area contributed by atoms with E-state index in [1.807, 2.05) is 0 Å². The minimum atomic E-state index is -0.178. The molecule has 0 radical (unpaired) electrons. The van der Waals surface area contributed by atoms with Gasteiger partial charge in [-0.25, -0.2) is 0 Å². The van der Waals surface area contributed by atoms with Gasteiger partial charge in [-0.3, -0.25) is 9.59 Å². The molecule has 0 aromatic rings. The van der Waals surface area contributed by atoms with Crippen LogP contribution in [0.3, 0.4) is 0 Å². The Balaban J connectivity index is 3.30. The normalized spacial score (nSPS) is 10.0. The molecule has 0 aromatic carbocycles. The largest absolute Gasteiger partial charge is 0.469 e. The van der Waals surface area contributed by atoms with Crippen molar-refractivity contribution >= 4 is 17.5 Å². The van der Waals surface area contributed by atoms with Crippen molar-refractivity contribution in [2.24, 2.45) is 0 Å². The molecule has 4 heteroatoms. The quantitative estimate of drug-likeness (QED) is 0.436. The van der Waals surface area contributed by atoms with Gasteiger partial charge in [0, 0.05) is 25.7 Å². The van der Waals surface area contributed by atoms with E-state index in [9.17, 15) is 14.4 Å². The topological polar surface area (TPSA) is 60.4 Å². The summed E-state index contributed by atoms with van der Waals surface area (Å²) < 4.78 is 4.52. The van der Waals surface area contributed by atoms with Gasteiger partial charge in [-0.15, -0.1) is 0 Å². The van der Waals surface area contributed by atoms with E-state index < -0.39 is 0 Å². The zero-order valence-electron chi connectivity index (χ0n) is 10.8. The summed E-state index contributed by atoms with van der Waals surface area (Å²) in [4.78, 5) is 32.8. The lowest BCUT2D eigenvalue weighted by molar-refractivity contribution is -0.140. The molecule has 0 saturated heterocycles. The van der Waals surface area contributed by atoms with Crippen molar-refractivity contribution in [3.05, 3.63) is 0 Å². The molecule has 0 saturated carbocycles. The van der Waals surface area contributed by atoms with Crippen LogP contribution in [0.15, 0.2) is 0 Å². The van der Waals surface area contributed by atoms with Gasteiger partial charge in [-0.2, -0.15) is 0 Å². The Hall–Kier alpha value is -1.19. The van der Waals surface area contributed by atoms with Crippen LogP contribution >= 0.6 is 0 Å². The number of hydrogen-bond acceptors (Lipinski definition) is 4. The Morgan fingerprint density at radius 2 is 1.41 bits per heavy atom. The fourth-order valence-electron chi connectivity index (χ4n) is 1.49. The smallest absolute Gasteiger partial charge is 0.305 e. The van der Waals surface area contributed by atoms with E-state index in [0.29, 0.717) is 25.7 Å². The lowest BCUT2D eigenvalue weighted by Gasteiger charge is -2.01. The Kier molecular flexibility index (Phi) is 9.30. The van der Waals surface area contributed by atoms with Gasteiger partial charge in [0.2, 0.25) is 0 Å². The highest BCUT2D eigenvalue weighted by molar-refractivity contribution is 5.84. The molecule has 0 unspecified atom stereocenters. The molecular formula is C13H22O4. The fraction of sp³-hybridized carbons (Fsp3) is 0.769. The lowest BCUT2D eigenvalue weighted by Crippen LogP contribution is -2.01. The second-order valence-corrected chi connectivity index (χ2v) is 4.23. The number of esters is 1. The summed E-state index contributed by atoms with van der Waals surface area (Å²) in [6.45, 7) is 1.50. The average Bonchev–Trinajstić information content (AvgIpc) is 2.30. The van der Waals surface area contributed by atoms with Crippen LogP contribution in [0.5, 0.6) is 0 Å². The third kappa shape index (κ3) is 11.1. The van der Waals surface area contributed by atoms with E-state index in [1.54, 1.807) is 0 Å². The number of hydrogen-bond donors (Lipinski definition) is 0. The molecule has 0 atom stereocenters. The third-order valence-electron chi connectivity index (χ3n) is 2.57. The van der Waals surface area contributed by atoms with E-state index in [-0.39, 0.29) is 17.5 Å². The van der Waals surface area contributed by atoms with Gasteiger partial charge in [-0.1, -0.05) is 12.8 Å². The molecule has 0 amide bonds. The molecule has 0 N–H and O–H groups in total. The zero-order chi connectivity index (χ0) is 13.1. The SMILES string of the molecule is COC(=O)CCCCCCC(=O)CCC(C)=O. The maximum absolute atomic E-state index is 11.3. The number of ketones is 2. The van der Waals surface area contributed by atoms with Gasteiger partial charge in [-0.05, 0) is 19.8 Å². The Bertz CT molecular complexity index is 258. The summed E-state index contributed by atoms with van der Waals surface area (Å²) >= 11 is 0. The first-order chi connectivity index (χ1) is 8.06. The highest BCUT2D eigenvalue weighted by Gasteiger charge is 2.04. The number of rotatable bonds is 10. The van der Waals surface area contributed by atoms with Crippen LogP contribution in [-0.2, 0) is 19.1 Å². The van der Waals surface area contributed by atoms with Crippen LogP contribution in [0.2, 0.25) is 0 Å². The molecule has 0 aliphatic heterocycles. The maximum atomic E-state index is 11.3. The number of unbranched alkanes of at least 4 members (excludes halogenated alkanes) is 3. The summed E-state index contributed by atoms with van der Waals surface area (Å²) in [5.41, 5.74) is 0. The molecule has 98 valence electrons. The summed E-state index contributed by atoms with van der Waals surface area (Å²) in [7, 11) is 1.38. The third-order valence-corrected chi connectivity index (χ3v) is 2.57. The second-order valence-electron chi connectivity index (χ2n) is 4.23. The summed E-state index contributed by atoms with van der Waals surface area (Å²) in [6.07, 6.45) is 5.28. The molecule has 0 bridgehead atoms. The van der Waals surface area contributed by atoms with Crippen molar-refractivity contribution in [1.29, 1.82) is 0 Å². The molecular weight excluding hydrogens is 220 g/mol. The van der Waals surface area contributed by atoms with Crippen molar-refractivity contribution in [2.45, 2.75) is 58.3 Å². The van der Waals surface area contributed by atoms with Gasteiger partial charge < -0.3 is 9.53 Å². The number of Topliss-reactive ketones (excluding diaryl/α,β-unsaturated/α-hetero) is 2. The Morgan fingerprint density at radius 3 is 1.94 bits per heavy atom. The van der Waals surface area contributed by atoms with Crippen molar-refractivity contribution in [2.75, 3.05) is 7.11 Å². The molecule has 0 heterocycles. The molecule has 0 aliphatic carbocycles. The predicted octanol–water partition coefficient (Wildman–Crippen LogP) is 2.44. The number of ether oxygens (including phenoxy) is 1. The molecule has 0 rings (SSSR count). The molecule has 4 nitrogen and oxygen atoms in total. The van der Waals surface area contributed by atoms with Crippen LogP contribution in [0.1, 0.15) is 58.3 Å². The number of methoxy groups -OCH3 is 1. The first-order valence-corrected chi connectivity index (χ1v) is 6.14. The zero-order valence-corrected chi connectivity index (χ0v) is 10.8. The Morgan fingerprint density at radius 1 is 0.824 bits per heavy atom. The molecule has 0 aromatic heterocycles. The van der Waals surface area contributed by atoms with Crippen molar-refractivity contribution in [3.8, 4) is 0 Å². The molecule has 0 fully saturated rings. The molecule has 0 spiro atoms. The average molecular weight is 242 g/mol. The monoisotopic (exact) mass is 242 g/mol.